The number of nitrogens with zero attached hydrogens (tertiary/aromatic N) is 1. The fourth-order valence-electron chi connectivity index (χ4n) is 5.34. The van der Waals surface area contributed by atoms with Gasteiger partial charge in [0.25, 0.3) is 0 Å². The van der Waals surface area contributed by atoms with E-state index in [1.807, 2.05) is 0 Å². The summed E-state index contributed by atoms with van der Waals surface area (Å²) in [5.74, 6) is 1.37. The van der Waals surface area contributed by atoms with Gasteiger partial charge in [0.05, 0.1) is 5.41 Å². The van der Waals surface area contributed by atoms with Gasteiger partial charge in [-0.3, -0.25) is 4.79 Å². The van der Waals surface area contributed by atoms with Crippen LogP contribution in [0.5, 0.6) is 0 Å². The summed E-state index contributed by atoms with van der Waals surface area (Å²) >= 11 is 0. The van der Waals surface area contributed by atoms with Crippen molar-refractivity contribution in [3.05, 3.63) is 0 Å². The van der Waals surface area contributed by atoms with Crippen LogP contribution in [-0.4, -0.2) is 55.2 Å². The molecule has 136 valence electrons. The maximum Gasteiger partial charge on any atom is 0.315 e. The van der Waals surface area contributed by atoms with Crippen LogP contribution in [-0.2, 0) is 4.79 Å². The summed E-state index contributed by atoms with van der Waals surface area (Å²) in [7, 11) is 3.56. The predicted octanol–water partition coefficient (Wildman–Crippen LogP) is 1.34. The minimum atomic E-state index is -0.439. The van der Waals surface area contributed by atoms with Gasteiger partial charge in [-0.15, -0.1) is 0 Å². The highest BCUT2D eigenvalue weighted by Crippen LogP contribution is 2.48. The number of carbonyl (C=O) groups excluding carboxylic acids is 2. The average molecular weight is 337 g/mol. The first-order valence-electron chi connectivity index (χ1n) is 9.34. The lowest BCUT2D eigenvalue weighted by molar-refractivity contribution is -0.138. The number of fused-ring (bicyclic) bond motifs is 2. The summed E-state index contributed by atoms with van der Waals surface area (Å²) in [6, 6.07) is -0.110. The van der Waals surface area contributed by atoms with E-state index in [2.05, 4.69) is 10.6 Å². The smallest absolute Gasteiger partial charge is 0.315 e. The third-order valence-electron chi connectivity index (χ3n) is 6.60. The lowest BCUT2D eigenvalue weighted by Gasteiger charge is -2.33. The molecule has 3 N–H and O–H groups in total. The molecule has 24 heavy (non-hydrogen) atoms. The van der Waals surface area contributed by atoms with E-state index in [0.29, 0.717) is 18.4 Å². The summed E-state index contributed by atoms with van der Waals surface area (Å²) in [4.78, 5) is 26.6. The Labute approximate surface area is 144 Å². The molecule has 0 unspecified atom stereocenters. The van der Waals surface area contributed by atoms with E-state index in [9.17, 15) is 14.7 Å². The van der Waals surface area contributed by atoms with Crippen molar-refractivity contribution in [2.75, 3.05) is 27.2 Å². The normalized spacial score (nSPS) is 33.5. The van der Waals surface area contributed by atoms with Crippen molar-refractivity contribution in [1.82, 2.24) is 15.5 Å². The van der Waals surface area contributed by atoms with Gasteiger partial charge >= 0.3 is 6.03 Å². The zero-order chi connectivity index (χ0) is 17.3. The van der Waals surface area contributed by atoms with Crippen LogP contribution in [0.3, 0.4) is 0 Å². The number of carbonyl (C=O) groups is 2. The molecule has 0 heterocycles. The van der Waals surface area contributed by atoms with Gasteiger partial charge in [0.15, 0.2) is 0 Å². The van der Waals surface area contributed by atoms with Crippen molar-refractivity contribution in [1.29, 1.82) is 0 Å². The number of urea groups is 1. The van der Waals surface area contributed by atoms with Gasteiger partial charge in [0, 0.05) is 39.2 Å². The SMILES string of the molecule is CN(C)C(=O)C1(CNC(=O)N[C@@H]2[C@H]3CC[C@@H](C3)[C@@H]2CO)CCCC1. The topological polar surface area (TPSA) is 81.7 Å². The molecule has 6 heteroatoms. The molecule has 0 saturated heterocycles. The van der Waals surface area contributed by atoms with Crippen LogP contribution >= 0.6 is 0 Å². The second-order valence-electron chi connectivity index (χ2n) is 8.22. The number of rotatable bonds is 5. The fraction of sp³-hybridized carbons (Fsp3) is 0.889. The lowest BCUT2D eigenvalue weighted by Crippen LogP contribution is -2.52. The average Bonchev–Trinajstić information content (AvgIpc) is 3.28. The minimum absolute atomic E-state index is 0.0813. The summed E-state index contributed by atoms with van der Waals surface area (Å²) in [6.45, 7) is 0.551. The third-order valence-corrected chi connectivity index (χ3v) is 6.60. The molecule has 6 nitrogen and oxygen atoms in total. The number of amides is 3. The first-order chi connectivity index (χ1) is 11.5. The van der Waals surface area contributed by atoms with Gasteiger partial charge in [0.2, 0.25) is 5.91 Å². The zero-order valence-corrected chi connectivity index (χ0v) is 14.9. The maximum atomic E-state index is 12.5. The Morgan fingerprint density at radius 2 is 1.83 bits per heavy atom. The van der Waals surface area contributed by atoms with Gasteiger partial charge < -0.3 is 20.6 Å². The van der Waals surface area contributed by atoms with Gasteiger partial charge in [-0.05, 0) is 43.9 Å². The molecule has 0 aromatic rings. The highest BCUT2D eigenvalue weighted by atomic mass is 16.3. The number of hydrogen-bond donors (Lipinski definition) is 3. The van der Waals surface area contributed by atoms with Crippen LogP contribution in [0, 0.1) is 23.2 Å². The van der Waals surface area contributed by atoms with Gasteiger partial charge in [-0.1, -0.05) is 12.8 Å². The minimum Gasteiger partial charge on any atom is -0.396 e. The molecule has 4 atom stereocenters. The molecule has 3 saturated carbocycles. The van der Waals surface area contributed by atoms with E-state index < -0.39 is 5.41 Å². The Hall–Kier alpha value is -1.30. The van der Waals surface area contributed by atoms with Crippen molar-refractivity contribution < 1.29 is 14.7 Å². The van der Waals surface area contributed by atoms with Crippen LogP contribution in [0.25, 0.3) is 0 Å². The molecule has 0 aromatic heterocycles. The highest BCUT2D eigenvalue weighted by Gasteiger charge is 2.48. The van der Waals surface area contributed by atoms with Gasteiger partial charge in [-0.25, -0.2) is 4.79 Å². The highest BCUT2D eigenvalue weighted by molar-refractivity contribution is 5.84. The second kappa shape index (κ2) is 6.90. The standard InChI is InChI=1S/C18H31N3O3/c1-21(2)16(23)18(7-3-4-8-18)11-19-17(24)20-15-13-6-5-12(9-13)14(15)10-22/h12-15,22H,3-11H2,1-2H3,(H2,19,20,24)/t12-,13-,14-,15+/m0/s1. The van der Waals surface area contributed by atoms with Crippen molar-refractivity contribution in [2.24, 2.45) is 23.2 Å². The molecule has 2 bridgehead atoms. The molecule has 0 aliphatic heterocycles. The molecule has 3 fully saturated rings. The molecule has 3 amide bonds. The van der Waals surface area contributed by atoms with Crippen LogP contribution in [0.4, 0.5) is 4.79 Å². The first kappa shape index (κ1) is 17.5. The number of hydrogen-bond acceptors (Lipinski definition) is 3. The summed E-state index contributed by atoms with van der Waals surface area (Å²) in [5.41, 5.74) is -0.439. The van der Waals surface area contributed by atoms with E-state index in [0.717, 1.165) is 38.5 Å². The Morgan fingerprint density at radius 1 is 1.17 bits per heavy atom. The van der Waals surface area contributed by atoms with Crippen molar-refractivity contribution in [3.63, 3.8) is 0 Å². The molecule has 3 aliphatic rings. The van der Waals surface area contributed by atoms with Gasteiger partial charge in [-0.2, -0.15) is 0 Å². The Balaban J connectivity index is 1.56. The zero-order valence-electron chi connectivity index (χ0n) is 14.9. The number of aliphatic hydroxyl groups excluding tert-OH is 1. The molecule has 3 rings (SSSR count). The molecular formula is C18H31N3O3. The van der Waals surface area contributed by atoms with Crippen molar-refractivity contribution in [2.45, 2.75) is 51.0 Å². The maximum absolute atomic E-state index is 12.5. The summed E-state index contributed by atoms with van der Waals surface area (Å²) in [6.07, 6.45) is 7.23. The van der Waals surface area contributed by atoms with Gasteiger partial charge in [0.1, 0.15) is 0 Å². The second-order valence-corrected chi connectivity index (χ2v) is 8.22. The summed E-state index contributed by atoms with van der Waals surface area (Å²) < 4.78 is 0. The van der Waals surface area contributed by atoms with E-state index in [-0.39, 0.29) is 30.5 Å². The molecule has 0 radical (unpaired) electrons. The van der Waals surface area contributed by atoms with E-state index >= 15 is 0 Å². The first-order valence-corrected chi connectivity index (χ1v) is 9.34. The van der Waals surface area contributed by atoms with Crippen LogP contribution in [0.15, 0.2) is 0 Å². The van der Waals surface area contributed by atoms with Crippen LogP contribution < -0.4 is 10.6 Å². The predicted molar refractivity (Wildman–Crippen MR) is 91.3 cm³/mol. The van der Waals surface area contributed by atoms with E-state index in [1.165, 1.54) is 6.42 Å². The Bertz CT molecular complexity index is 488. The van der Waals surface area contributed by atoms with Crippen molar-refractivity contribution in [3.8, 4) is 0 Å². The van der Waals surface area contributed by atoms with E-state index in [4.69, 9.17) is 0 Å². The monoisotopic (exact) mass is 337 g/mol. The van der Waals surface area contributed by atoms with E-state index in [1.54, 1.807) is 19.0 Å². The lowest BCUT2D eigenvalue weighted by atomic mass is 9.84. The van der Waals surface area contributed by atoms with Crippen LogP contribution in [0.2, 0.25) is 0 Å². The Morgan fingerprint density at radius 3 is 2.46 bits per heavy atom. The van der Waals surface area contributed by atoms with Crippen LogP contribution in [0.1, 0.15) is 44.9 Å². The quantitative estimate of drug-likeness (QED) is 0.708. The summed E-state index contributed by atoms with van der Waals surface area (Å²) in [5, 5.41) is 15.7. The molecule has 0 aromatic carbocycles. The number of nitrogens with one attached hydrogen (secondary N) is 2. The van der Waals surface area contributed by atoms with Crippen molar-refractivity contribution >= 4 is 11.9 Å². The Kier molecular flexibility index (Phi) is 5.04. The largest absolute Gasteiger partial charge is 0.396 e. The number of aliphatic hydroxyl groups is 1. The third kappa shape index (κ3) is 3.13. The molecule has 3 aliphatic carbocycles. The fourth-order valence-corrected chi connectivity index (χ4v) is 5.34. The molecular weight excluding hydrogens is 306 g/mol. The molecule has 0 spiro atoms.